The molecule has 1 amide bonds. The summed E-state index contributed by atoms with van der Waals surface area (Å²) in [6.45, 7) is 7.62. The van der Waals surface area contributed by atoms with Crippen molar-refractivity contribution >= 4 is 27.3 Å². The van der Waals surface area contributed by atoms with Crippen LogP contribution in [0.4, 0.5) is 11.4 Å². The van der Waals surface area contributed by atoms with E-state index >= 15 is 0 Å². The van der Waals surface area contributed by atoms with E-state index in [1.807, 2.05) is 39.0 Å². The van der Waals surface area contributed by atoms with Crippen LogP contribution in [0.1, 0.15) is 39.5 Å². The molecule has 0 atom stereocenters. The molecular formula is C24H26N2O3S. The third-order valence-electron chi connectivity index (χ3n) is 5.13. The minimum absolute atomic E-state index is 0.176. The zero-order valence-corrected chi connectivity index (χ0v) is 18.4. The van der Waals surface area contributed by atoms with Crippen molar-refractivity contribution in [3.05, 3.63) is 88.5 Å². The van der Waals surface area contributed by atoms with E-state index in [2.05, 4.69) is 10.0 Å². The van der Waals surface area contributed by atoms with Gasteiger partial charge in [0.2, 0.25) is 0 Å². The molecule has 5 nitrogen and oxygen atoms in total. The molecule has 0 fully saturated rings. The van der Waals surface area contributed by atoms with Gasteiger partial charge in [-0.25, -0.2) is 8.42 Å². The lowest BCUT2D eigenvalue weighted by atomic mass is 10.0. The van der Waals surface area contributed by atoms with Gasteiger partial charge < -0.3 is 5.32 Å². The highest BCUT2D eigenvalue weighted by Gasteiger charge is 2.19. The van der Waals surface area contributed by atoms with Gasteiger partial charge in [0.25, 0.3) is 15.9 Å². The summed E-state index contributed by atoms with van der Waals surface area (Å²) in [5, 5.41) is 3.00. The van der Waals surface area contributed by atoms with Crippen molar-refractivity contribution in [2.75, 3.05) is 10.0 Å². The Kier molecular flexibility index (Phi) is 6.27. The van der Waals surface area contributed by atoms with E-state index in [0.29, 0.717) is 16.8 Å². The second-order valence-electron chi connectivity index (χ2n) is 7.31. The van der Waals surface area contributed by atoms with Gasteiger partial charge >= 0.3 is 0 Å². The summed E-state index contributed by atoms with van der Waals surface area (Å²) < 4.78 is 28.1. The average molecular weight is 423 g/mol. The van der Waals surface area contributed by atoms with Gasteiger partial charge in [-0.05, 0) is 68.1 Å². The number of amides is 1. The highest BCUT2D eigenvalue weighted by molar-refractivity contribution is 7.92. The standard InChI is InChI=1S/C24H26N2O3S/c1-5-19-9-6-8-17(3)23(19)25-24(27)21-10-7-11-22(18(21)4)26-30(28,29)20-14-12-16(2)13-15-20/h6-15,26H,5H2,1-4H3,(H,25,27). The Morgan fingerprint density at radius 3 is 2.23 bits per heavy atom. The first-order valence-electron chi connectivity index (χ1n) is 9.82. The predicted molar refractivity (Wildman–Crippen MR) is 122 cm³/mol. The molecule has 30 heavy (non-hydrogen) atoms. The summed E-state index contributed by atoms with van der Waals surface area (Å²) in [5.41, 5.74) is 5.18. The van der Waals surface area contributed by atoms with Gasteiger partial charge in [0, 0.05) is 11.3 Å². The van der Waals surface area contributed by atoms with E-state index < -0.39 is 10.0 Å². The molecule has 0 aliphatic rings. The summed E-state index contributed by atoms with van der Waals surface area (Å²) in [5.74, 6) is -0.270. The molecule has 0 radical (unpaired) electrons. The monoisotopic (exact) mass is 422 g/mol. The van der Waals surface area contributed by atoms with Crippen LogP contribution in [0.2, 0.25) is 0 Å². The number of sulfonamides is 1. The molecule has 0 saturated heterocycles. The van der Waals surface area contributed by atoms with Gasteiger partial charge in [-0.15, -0.1) is 0 Å². The third kappa shape index (κ3) is 4.54. The molecule has 6 heteroatoms. The van der Waals surface area contributed by atoms with Crippen molar-refractivity contribution in [3.8, 4) is 0 Å². The first kappa shape index (κ1) is 21.6. The normalized spacial score (nSPS) is 11.2. The quantitative estimate of drug-likeness (QED) is 0.571. The van der Waals surface area contributed by atoms with E-state index in [-0.39, 0.29) is 10.8 Å². The van der Waals surface area contributed by atoms with E-state index in [1.165, 1.54) is 0 Å². The van der Waals surface area contributed by atoms with Gasteiger partial charge in [0.15, 0.2) is 0 Å². The summed E-state index contributed by atoms with van der Waals surface area (Å²) in [4.78, 5) is 13.2. The fraction of sp³-hybridized carbons (Fsp3) is 0.208. The van der Waals surface area contributed by atoms with Crippen LogP contribution < -0.4 is 10.0 Å². The van der Waals surface area contributed by atoms with Crippen LogP contribution in [0.25, 0.3) is 0 Å². The molecule has 3 rings (SSSR count). The van der Waals surface area contributed by atoms with Crippen molar-refractivity contribution in [2.24, 2.45) is 0 Å². The smallest absolute Gasteiger partial charge is 0.261 e. The number of rotatable bonds is 6. The van der Waals surface area contributed by atoms with Gasteiger partial charge in [0.05, 0.1) is 10.6 Å². The molecule has 156 valence electrons. The molecule has 3 aromatic carbocycles. The number of nitrogens with one attached hydrogen (secondary N) is 2. The second kappa shape index (κ2) is 8.71. The van der Waals surface area contributed by atoms with Crippen molar-refractivity contribution in [3.63, 3.8) is 0 Å². The Bertz CT molecular complexity index is 1180. The van der Waals surface area contributed by atoms with E-state index in [4.69, 9.17) is 0 Å². The van der Waals surface area contributed by atoms with Crippen LogP contribution in [0.5, 0.6) is 0 Å². The maximum atomic E-state index is 13.0. The van der Waals surface area contributed by atoms with E-state index in [0.717, 1.165) is 28.8 Å². The molecule has 0 aliphatic heterocycles. The van der Waals surface area contributed by atoms with Crippen LogP contribution in [0.3, 0.4) is 0 Å². The number of hydrogen-bond donors (Lipinski definition) is 2. The van der Waals surface area contributed by atoms with Crippen LogP contribution in [0.15, 0.2) is 65.6 Å². The molecule has 0 saturated carbocycles. The molecular weight excluding hydrogens is 396 g/mol. The molecule has 0 heterocycles. The number of carbonyl (C=O) groups excluding carboxylic acids is 1. The first-order valence-corrected chi connectivity index (χ1v) is 11.3. The zero-order valence-electron chi connectivity index (χ0n) is 17.6. The van der Waals surface area contributed by atoms with E-state index in [1.54, 1.807) is 49.4 Å². The molecule has 2 N–H and O–H groups in total. The SMILES string of the molecule is CCc1cccc(C)c1NC(=O)c1cccc(NS(=O)(=O)c2ccc(C)cc2)c1C. The van der Waals surface area contributed by atoms with Crippen molar-refractivity contribution in [1.82, 2.24) is 0 Å². The van der Waals surface area contributed by atoms with Crippen LogP contribution in [0, 0.1) is 20.8 Å². The van der Waals surface area contributed by atoms with Crippen LogP contribution in [-0.4, -0.2) is 14.3 Å². The number of carbonyl (C=O) groups is 1. The fourth-order valence-corrected chi connectivity index (χ4v) is 4.42. The van der Waals surface area contributed by atoms with E-state index in [9.17, 15) is 13.2 Å². The molecule has 0 aliphatic carbocycles. The third-order valence-corrected chi connectivity index (χ3v) is 6.51. The molecule has 0 aromatic heterocycles. The topological polar surface area (TPSA) is 75.3 Å². The maximum Gasteiger partial charge on any atom is 0.261 e. The zero-order chi connectivity index (χ0) is 21.9. The number of benzene rings is 3. The summed E-state index contributed by atoms with van der Waals surface area (Å²) in [6.07, 6.45) is 0.798. The molecule has 0 bridgehead atoms. The Balaban J connectivity index is 1.90. The first-order chi connectivity index (χ1) is 14.2. The van der Waals surface area contributed by atoms with Gasteiger partial charge in [0.1, 0.15) is 0 Å². The largest absolute Gasteiger partial charge is 0.321 e. The minimum atomic E-state index is -3.75. The fourth-order valence-electron chi connectivity index (χ4n) is 3.30. The van der Waals surface area contributed by atoms with Crippen molar-refractivity contribution in [1.29, 1.82) is 0 Å². The molecule has 0 spiro atoms. The van der Waals surface area contributed by atoms with Gasteiger partial charge in [-0.2, -0.15) is 0 Å². The lowest BCUT2D eigenvalue weighted by Gasteiger charge is -2.16. The Morgan fingerprint density at radius 1 is 0.900 bits per heavy atom. The number of anilines is 2. The summed E-state index contributed by atoms with van der Waals surface area (Å²) >= 11 is 0. The molecule has 3 aromatic rings. The highest BCUT2D eigenvalue weighted by atomic mass is 32.2. The number of aryl methyl sites for hydroxylation is 3. The van der Waals surface area contributed by atoms with Gasteiger partial charge in [-0.1, -0.05) is 48.9 Å². The van der Waals surface area contributed by atoms with Crippen molar-refractivity contribution < 1.29 is 13.2 Å². The Morgan fingerprint density at radius 2 is 1.57 bits per heavy atom. The summed E-state index contributed by atoms with van der Waals surface area (Å²) in [6, 6.07) is 17.6. The average Bonchev–Trinajstić information content (AvgIpc) is 2.71. The Hall–Kier alpha value is -3.12. The lowest BCUT2D eigenvalue weighted by Crippen LogP contribution is -2.18. The number of hydrogen-bond acceptors (Lipinski definition) is 3. The summed E-state index contributed by atoms with van der Waals surface area (Å²) in [7, 11) is -3.75. The van der Waals surface area contributed by atoms with Crippen molar-refractivity contribution in [2.45, 2.75) is 39.0 Å². The van der Waals surface area contributed by atoms with Crippen LogP contribution in [-0.2, 0) is 16.4 Å². The Labute approximate surface area is 178 Å². The maximum absolute atomic E-state index is 13.0. The minimum Gasteiger partial charge on any atom is -0.321 e. The van der Waals surface area contributed by atoms with Crippen LogP contribution >= 0.6 is 0 Å². The highest BCUT2D eigenvalue weighted by Crippen LogP contribution is 2.26. The lowest BCUT2D eigenvalue weighted by molar-refractivity contribution is 0.102. The predicted octanol–water partition coefficient (Wildman–Crippen LogP) is 5.23. The molecule has 0 unspecified atom stereocenters. The van der Waals surface area contributed by atoms with Gasteiger partial charge in [-0.3, -0.25) is 9.52 Å². The number of para-hydroxylation sites is 1. The second-order valence-corrected chi connectivity index (χ2v) is 9.00.